The van der Waals surface area contributed by atoms with E-state index < -0.39 is 5.41 Å². The van der Waals surface area contributed by atoms with Gasteiger partial charge in [0.25, 0.3) is 0 Å². The first-order chi connectivity index (χ1) is 7.71. The number of ether oxygens (including phenoxy) is 2. The third-order valence-electron chi connectivity index (χ3n) is 2.91. The molecule has 0 radical (unpaired) electrons. The molecule has 3 heteroatoms. The van der Waals surface area contributed by atoms with Crippen molar-refractivity contribution >= 4 is 5.97 Å². The summed E-state index contributed by atoms with van der Waals surface area (Å²) in [6.07, 6.45) is 0.751. The summed E-state index contributed by atoms with van der Waals surface area (Å²) in [6.45, 7) is 3.39. The zero-order valence-corrected chi connectivity index (χ0v) is 9.44. The number of rotatable bonds is 4. The average Bonchev–Trinajstić information content (AvgIpc) is 2.61. The van der Waals surface area contributed by atoms with Crippen LogP contribution in [0, 0.1) is 5.41 Å². The van der Waals surface area contributed by atoms with Gasteiger partial charge in [-0.25, -0.2) is 0 Å². The second-order valence-corrected chi connectivity index (χ2v) is 4.42. The molecule has 1 aliphatic rings. The summed E-state index contributed by atoms with van der Waals surface area (Å²) >= 11 is 0. The molecule has 16 heavy (non-hydrogen) atoms. The Hall–Kier alpha value is -1.35. The molecule has 0 spiro atoms. The van der Waals surface area contributed by atoms with E-state index >= 15 is 0 Å². The summed E-state index contributed by atoms with van der Waals surface area (Å²) in [5.74, 6) is -0.138. The van der Waals surface area contributed by atoms with Crippen molar-refractivity contribution in [2.24, 2.45) is 5.41 Å². The van der Waals surface area contributed by atoms with Crippen LogP contribution in [0.5, 0.6) is 0 Å². The Morgan fingerprint density at radius 1 is 1.38 bits per heavy atom. The zero-order valence-electron chi connectivity index (χ0n) is 9.44. The Labute approximate surface area is 95.4 Å². The van der Waals surface area contributed by atoms with Gasteiger partial charge in [-0.05, 0) is 18.9 Å². The standard InChI is InChI=1S/C13H16O3/c1-13(7-8-16-12(13)14)10-15-9-11-5-3-2-4-6-11/h2-6H,7-10H2,1H3. The summed E-state index contributed by atoms with van der Waals surface area (Å²) in [5.41, 5.74) is 0.673. The van der Waals surface area contributed by atoms with Gasteiger partial charge in [-0.3, -0.25) is 4.79 Å². The van der Waals surface area contributed by atoms with Crippen LogP contribution >= 0.6 is 0 Å². The Kier molecular flexibility index (Phi) is 3.25. The fourth-order valence-corrected chi connectivity index (χ4v) is 1.74. The van der Waals surface area contributed by atoms with Crippen molar-refractivity contribution in [1.29, 1.82) is 0 Å². The number of cyclic esters (lactones) is 1. The fraction of sp³-hybridized carbons (Fsp3) is 0.462. The molecule has 0 N–H and O–H groups in total. The number of esters is 1. The first-order valence-corrected chi connectivity index (χ1v) is 5.50. The summed E-state index contributed by atoms with van der Waals surface area (Å²) in [6, 6.07) is 9.94. The maximum absolute atomic E-state index is 11.4. The normalized spacial score (nSPS) is 24.4. The van der Waals surface area contributed by atoms with Crippen molar-refractivity contribution in [1.82, 2.24) is 0 Å². The van der Waals surface area contributed by atoms with Crippen LogP contribution in [-0.4, -0.2) is 19.2 Å². The van der Waals surface area contributed by atoms with Gasteiger partial charge in [0.1, 0.15) is 0 Å². The average molecular weight is 220 g/mol. The van der Waals surface area contributed by atoms with Gasteiger partial charge in [0.05, 0.1) is 25.2 Å². The molecule has 1 unspecified atom stereocenters. The Bertz CT molecular complexity index is 361. The monoisotopic (exact) mass is 220 g/mol. The Balaban J connectivity index is 1.82. The molecule has 86 valence electrons. The van der Waals surface area contributed by atoms with E-state index in [4.69, 9.17) is 9.47 Å². The van der Waals surface area contributed by atoms with Crippen molar-refractivity contribution in [2.75, 3.05) is 13.2 Å². The molecule has 1 saturated heterocycles. The number of carbonyl (C=O) groups is 1. The molecule has 1 aliphatic heterocycles. The van der Waals surface area contributed by atoms with E-state index in [9.17, 15) is 4.79 Å². The largest absolute Gasteiger partial charge is 0.465 e. The van der Waals surface area contributed by atoms with Crippen LogP contribution in [-0.2, 0) is 20.9 Å². The molecule has 1 fully saturated rings. The van der Waals surface area contributed by atoms with Gasteiger partial charge < -0.3 is 9.47 Å². The SMILES string of the molecule is CC1(COCc2ccccc2)CCOC1=O. The van der Waals surface area contributed by atoms with Crippen molar-refractivity contribution in [3.8, 4) is 0 Å². The number of carbonyl (C=O) groups excluding carboxylic acids is 1. The van der Waals surface area contributed by atoms with Crippen LogP contribution in [0.1, 0.15) is 18.9 Å². The van der Waals surface area contributed by atoms with Crippen molar-refractivity contribution in [3.63, 3.8) is 0 Å². The molecule has 0 aliphatic carbocycles. The maximum Gasteiger partial charge on any atom is 0.314 e. The van der Waals surface area contributed by atoms with Gasteiger partial charge in [0.2, 0.25) is 0 Å². The number of benzene rings is 1. The highest BCUT2D eigenvalue weighted by molar-refractivity contribution is 5.78. The molecule has 1 aromatic carbocycles. The molecule has 3 nitrogen and oxygen atoms in total. The van der Waals surface area contributed by atoms with E-state index in [-0.39, 0.29) is 5.97 Å². The van der Waals surface area contributed by atoms with Crippen LogP contribution in [0.2, 0.25) is 0 Å². The van der Waals surface area contributed by atoms with E-state index in [0.717, 1.165) is 12.0 Å². The van der Waals surface area contributed by atoms with Gasteiger partial charge in [-0.2, -0.15) is 0 Å². The van der Waals surface area contributed by atoms with Gasteiger partial charge in [0.15, 0.2) is 0 Å². The van der Waals surface area contributed by atoms with Crippen LogP contribution in [0.4, 0.5) is 0 Å². The van der Waals surface area contributed by atoms with E-state index in [1.54, 1.807) is 0 Å². The van der Waals surface area contributed by atoms with Gasteiger partial charge in [0, 0.05) is 0 Å². The summed E-state index contributed by atoms with van der Waals surface area (Å²) in [4.78, 5) is 11.4. The lowest BCUT2D eigenvalue weighted by Crippen LogP contribution is -2.28. The molecule has 2 rings (SSSR count). The summed E-state index contributed by atoms with van der Waals surface area (Å²) in [5, 5.41) is 0. The predicted molar refractivity (Wildman–Crippen MR) is 59.8 cm³/mol. The molecule has 1 atom stereocenters. The number of hydrogen-bond donors (Lipinski definition) is 0. The highest BCUT2D eigenvalue weighted by Crippen LogP contribution is 2.29. The third kappa shape index (κ3) is 2.42. The zero-order chi connectivity index (χ0) is 11.4. The summed E-state index contributed by atoms with van der Waals surface area (Å²) < 4.78 is 10.5. The van der Waals surface area contributed by atoms with Gasteiger partial charge in [-0.1, -0.05) is 30.3 Å². The third-order valence-corrected chi connectivity index (χ3v) is 2.91. The minimum atomic E-state index is -0.450. The van der Waals surface area contributed by atoms with Crippen molar-refractivity contribution in [2.45, 2.75) is 20.0 Å². The molecule has 1 aromatic rings. The highest BCUT2D eigenvalue weighted by atomic mass is 16.5. The summed E-state index contributed by atoms with van der Waals surface area (Å²) in [7, 11) is 0. The first-order valence-electron chi connectivity index (χ1n) is 5.50. The maximum atomic E-state index is 11.4. The molecule has 0 bridgehead atoms. The molecule has 0 amide bonds. The second-order valence-electron chi connectivity index (χ2n) is 4.42. The second kappa shape index (κ2) is 4.66. The van der Waals surface area contributed by atoms with Gasteiger partial charge in [-0.15, -0.1) is 0 Å². The van der Waals surface area contributed by atoms with E-state index in [1.807, 2.05) is 37.3 Å². The predicted octanol–water partition coefficient (Wildman–Crippen LogP) is 2.16. The molecule has 0 aromatic heterocycles. The minimum Gasteiger partial charge on any atom is -0.465 e. The molecule has 0 saturated carbocycles. The van der Waals surface area contributed by atoms with Crippen LogP contribution < -0.4 is 0 Å². The number of hydrogen-bond acceptors (Lipinski definition) is 3. The lowest BCUT2D eigenvalue weighted by Gasteiger charge is -2.18. The van der Waals surface area contributed by atoms with Crippen molar-refractivity contribution < 1.29 is 14.3 Å². The first kappa shape index (κ1) is 11.1. The highest BCUT2D eigenvalue weighted by Gasteiger charge is 2.40. The lowest BCUT2D eigenvalue weighted by molar-refractivity contribution is -0.148. The van der Waals surface area contributed by atoms with E-state index in [1.165, 1.54) is 0 Å². The van der Waals surface area contributed by atoms with Gasteiger partial charge >= 0.3 is 5.97 Å². The van der Waals surface area contributed by atoms with E-state index in [0.29, 0.717) is 19.8 Å². The Morgan fingerprint density at radius 3 is 2.75 bits per heavy atom. The Morgan fingerprint density at radius 2 is 2.12 bits per heavy atom. The van der Waals surface area contributed by atoms with Crippen molar-refractivity contribution in [3.05, 3.63) is 35.9 Å². The smallest absolute Gasteiger partial charge is 0.314 e. The van der Waals surface area contributed by atoms with Crippen LogP contribution in [0.25, 0.3) is 0 Å². The van der Waals surface area contributed by atoms with Crippen LogP contribution in [0.15, 0.2) is 30.3 Å². The molecular weight excluding hydrogens is 204 g/mol. The quantitative estimate of drug-likeness (QED) is 0.729. The molecular formula is C13H16O3. The molecule has 1 heterocycles. The minimum absolute atomic E-state index is 0.138. The fourth-order valence-electron chi connectivity index (χ4n) is 1.74. The lowest BCUT2D eigenvalue weighted by atomic mass is 9.90. The van der Waals surface area contributed by atoms with Crippen LogP contribution in [0.3, 0.4) is 0 Å². The van der Waals surface area contributed by atoms with E-state index in [2.05, 4.69) is 0 Å². The topological polar surface area (TPSA) is 35.5 Å².